The molecule has 0 spiro atoms. The number of hydrogen-bond acceptors (Lipinski definition) is 5. The Morgan fingerprint density at radius 3 is 2.64 bits per heavy atom. The molecule has 7 heteroatoms. The Morgan fingerprint density at radius 1 is 1.32 bits per heavy atom. The number of anilines is 1. The summed E-state index contributed by atoms with van der Waals surface area (Å²) in [7, 11) is 0. The van der Waals surface area contributed by atoms with Crippen molar-refractivity contribution >= 4 is 22.3 Å². The first-order valence-electron chi connectivity index (χ1n) is 7.36. The third-order valence-electron chi connectivity index (χ3n) is 4.14. The first-order chi connectivity index (χ1) is 10.5. The number of rotatable bonds is 2. The fourth-order valence-corrected chi connectivity index (χ4v) is 3.35. The minimum Gasteiger partial charge on any atom is -0.365 e. The molecule has 116 valence electrons. The molecule has 1 N–H and O–H groups in total. The van der Waals surface area contributed by atoms with Crippen LogP contribution in [0.15, 0.2) is 23.3 Å². The van der Waals surface area contributed by atoms with E-state index in [1.807, 2.05) is 4.90 Å². The molecular formula is C15H18N4O3. The van der Waals surface area contributed by atoms with Gasteiger partial charge >= 0.3 is 0 Å². The van der Waals surface area contributed by atoms with Gasteiger partial charge in [0.2, 0.25) is 0 Å². The van der Waals surface area contributed by atoms with Crippen LogP contribution < -0.4 is 10.5 Å². The molecule has 3 rings (SSSR count). The van der Waals surface area contributed by atoms with Gasteiger partial charge in [-0.05, 0) is 24.3 Å². The molecule has 0 saturated carbocycles. The van der Waals surface area contributed by atoms with Crippen molar-refractivity contribution in [1.29, 1.82) is 0 Å². The van der Waals surface area contributed by atoms with Crippen molar-refractivity contribution in [2.45, 2.75) is 20.3 Å². The zero-order chi connectivity index (χ0) is 15.9. The molecule has 2 heterocycles. The van der Waals surface area contributed by atoms with Crippen LogP contribution in [0, 0.1) is 22.0 Å². The van der Waals surface area contributed by atoms with E-state index >= 15 is 0 Å². The first-order valence-corrected chi connectivity index (χ1v) is 7.36. The van der Waals surface area contributed by atoms with Crippen molar-refractivity contribution in [2.75, 3.05) is 18.0 Å². The summed E-state index contributed by atoms with van der Waals surface area (Å²) in [4.78, 5) is 31.4. The zero-order valence-electron chi connectivity index (χ0n) is 12.6. The van der Waals surface area contributed by atoms with E-state index in [1.54, 1.807) is 6.07 Å². The molecule has 0 aliphatic carbocycles. The van der Waals surface area contributed by atoms with Gasteiger partial charge in [0, 0.05) is 19.2 Å². The van der Waals surface area contributed by atoms with E-state index in [0.717, 1.165) is 19.5 Å². The van der Waals surface area contributed by atoms with Crippen LogP contribution in [-0.2, 0) is 0 Å². The number of nitrogens with one attached hydrogen (secondary N) is 1. The Morgan fingerprint density at radius 2 is 2.00 bits per heavy atom. The van der Waals surface area contributed by atoms with Gasteiger partial charge in [-0.3, -0.25) is 14.9 Å². The lowest BCUT2D eigenvalue weighted by molar-refractivity contribution is -0.384. The molecule has 2 atom stereocenters. The van der Waals surface area contributed by atoms with Crippen molar-refractivity contribution in [2.24, 2.45) is 11.8 Å². The quantitative estimate of drug-likeness (QED) is 0.679. The number of aromatic nitrogens is 2. The summed E-state index contributed by atoms with van der Waals surface area (Å²) in [6, 6.07) is 2.99. The predicted octanol–water partition coefficient (Wildman–Crippen LogP) is 2.31. The Kier molecular flexibility index (Phi) is 3.56. The Hall–Kier alpha value is -2.44. The van der Waals surface area contributed by atoms with Crippen molar-refractivity contribution in [3.63, 3.8) is 0 Å². The number of nitrogens with zero attached hydrogens (tertiary/aromatic N) is 3. The molecule has 1 aliphatic rings. The summed E-state index contributed by atoms with van der Waals surface area (Å²) < 4.78 is 0. The van der Waals surface area contributed by atoms with E-state index < -0.39 is 4.92 Å². The summed E-state index contributed by atoms with van der Waals surface area (Å²) >= 11 is 0. The lowest BCUT2D eigenvalue weighted by Crippen LogP contribution is -2.39. The normalized spacial score (nSPS) is 22.0. The first kappa shape index (κ1) is 14.5. The van der Waals surface area contributed by atoms with Gasteiger partial charge in [0.1, 0.15) is 5.69 Å². The molecule has 1 saturated heterocycles. The van der Waals surface area contributed by atoms with Crippen LogP contribution in [0.3, 0.4) is 0 Å². The molecule has 0 radical (unpaired) electrons. The number of benzene rings is 1. The summed E-state index contributed by atoms with van der Waals surface area (Å²) in [5.41, 5.74) is 0.636. The lowest BCUT2D eigenvalue weighted by Gasteiger charge is -2.36. The number of aromatic amines is 1. The van der Waals surface area contributed by atoms with Gasteiger partial charge in [-0.1, -0.05) is 13.8 Å². The second kappa shape index (κ2) is 5.40. The summed E-state index contributed by atoms with van der Waals surface area (Å²) in [6.07, 6.45) is 2.44. The second-order valence-electron chi connectivity index (χ2n) is 6.20. The molecule has 0 amide bonds. The van der Waals surface area contributed by atoms with Gasteiger partial charge < -0.3 is 9.88 Å². The molecular weight excluding hydrogens is 284 g/mol. The Balaban J connectivity index is 2.17. The standard InChI is InChI=1S/C15H18N4O3/c1-9-3-10(2)7-18(6-9)13-5-12-11(4-14(13)19(21)22)15(20)17-8-16-12/h4-5,8-10H,3,6-7H2,1-2H3,(H,16,17,20)/t9-,10-/m0/s1. The largest absolute Gasteiger partial charge is 0.365 e. The number of hydrogen-bond donors (Lipinski definition) is 1. The molecule has 1 aliphatic heterocycles. The summed E-state index contributed by atoms with van der Waals surface area (Å²) in [6.45, 7) is 5.86. The highest BCUT2D eigenvalue weighted by molar-refractivity contribution is 5.87. The topological polar surface area (TPSA) is 92.1 Å². The lowest BCUT2D eigenvalue weighted by atomic mass is 9.91. The Labute approximate surface area is 127 Å². The molecule has 0 unspecified atom stereocenters. The molecule has 1 fully saturated rings. The zero-order valence-corrected chi connectivity index (χ0v) is 12.6. The number of nitro groups is 1. The van der Waals surface area contributed by atoms with Gasteiger partial charge in [-0.15, -0.1) is 0 Å². The van der Waals surface area contributed by atoms with Crippen LogP contribution in [-0.4, -0.2) is 28.0 Å². The van der Waals surface area contributed by atoms with E-state index in [1.165, 1.54) is 12.4 Å². The summed E-state index contributed by atoms with van der Waals surface area (Å²) in [5.74, 6) is 0.956. The number of H-pyrrole nitrogens is 1. The smallest absolute Gasteiger partial charge is 0.293 e. The SMILES string of the molecule is C[C@H]1C[C@H](C)CN(c2cc3nc[nH]c(=O)c3cc2[N+](=O)[O-])C1. The van der Waals surface area contributed by atoms with Crippen LogP contribution >= 0.6 is 0 Å². The number of nitro benzene ring substituents is 1. The van der Waals surface area contributed by atoms with Crippen molar-refractivity contribution < 1.29 is 4.92 Å². The van der Waals surface area contributed by atoms with Gasteiger partial charge in [0.25, 0.3) is 11.2 Å². The molecule has 22 heavy (non-hydrogen) atoms. The van der Waals surface area contributed by atoms with Crippen molar-refractivity contribution in [3.8, 4) is 0 Å². The van der Waals surface area contributed by atoms with Crippen LogP contribution in [0.4, 0.5) is 11.4 Å². The fourth-order valence-electron chi connectivity index (χ4n) is 3.35. The monoisotopic (exact) mass is 302 g/mol. The van der Waals surface area contributed by atoms with E-state index in [0.29, 0.717) is 23.0 Å². The molecule has 0 bridgehead atoms. The average Bonchev–Trinajstić information content (AvgIpc) is 2.45. The van der Waals surface area contributed by atoms with E-state index in [-0.39, 0.29) is 16.6 Å². The van der Waals surface area contributed by atoms with Crippen molar-refractivity contribution in [3.05, 3.63) is 38.9 Å². The van der Waals surface area contributed by atoms with Gasteiger partial charge in [0.05, 0.1) is 22.2 Å². The van der Waals surface area contributed by atoms with Crippen LogP contribution in [0.5, 0.6) is 0 Å². The fraction of sp³-hybridized carbons (Fsp3) is 0.467. The predicted molar refractivity (Wildman–Crippen MR) is 84.2 cm³/mol. The second-order valence-corrected chi connectivity index (χ2v) is 6.20. The van der Waals surface area contributed by atoms with Gasteiger partial charge in [0.15, 0.2) is 0 Å². The van der Waals surface area contributed by atoms with Gasteiger partial charge in [-0.25, -0.2) is 4.98 Å². The van der Waals surface area contributed by atoms with E-state index in [2.05, 4.69) is 23.8 Å². The average molecular weight is 302 g/mol. The van der Waals surface area contributed by atoms with E-state index in [4.69, 9.17) is 0 Å². The molecule has 2 aromatic rings. The van der Waals surface area contributed by atoms with Crippen LogP contribution in [0.1, 0.15) is 20.3 Å². The maximum Gasteiger partial charge on any atom is 0.293 e. The maximum atomic E-state index is 11.8. The van der Waals surface area contributed by atoms with E-state index in [9.17, 15) is 14.9 Å². The van der Waals surface area contributed by atoms with Crippen molar-refractivity contribution in [1.82, 2.24) is 9.97 Å². The minimum absolute atomic E-state index is 0.0349. The molecule has 7 nitrogen and oxygen atoms in total. The minimum atomic E-state index is -0.425. The number of fused-ring (bicyclic) bond motifs is 1. The maximum absolute atomic E-state index is 11.8. The number of piperidine rings is 1. The Bertz CT molecular complexity index is 776. The highest BCUT2D eigenvalue weighted by Crippen LogP contribution is 2.35. The highest BCUT2D eigenvalue weighted by Gasteiger charge is 2.28. The van der Waals surface area contributed by atoms with Gasteiger partial charge in [-0.2, -0.15) is 0 Å². The summed E-state index contributed by atoms with van der Waals surface area (Å²) in [5, 5.41) is 11.7. The van der Waals surface area contributed by atoms with Crippen LogP contribution in [0.25, 0.3) is 10.9 Å². The third kappa shape index (κ3) is 2.54. The molecule has 1 aromatic carbocycles. The molecule has 1 aromatic heterocycles. The van der Waals surface area contributed by atoms with Crippen LogP contribution in [0.2, 0.25) is 0 Å². The highest BCUT2D eigenvalue weighted by atomic mass is 16.6. The third-order valence-corrected chi connectivity index (χ3v) is 4.14.